The van der Waals surface area contributed by atoms with Crippen LogP contribution in [0.4, 0.5) is 23.2 Å². The molecule has 0 radical (unpaired) electrons. The molecule has 12 heteroatoms. The number of rotatable bonds is 7. The average Bonchev–Trinajstić information content (AvgIpc) is 3.03. The van der Waals surface area contributed by atoms with Gasteiger partial charge < -0.3 is 0 Å². The number of hydrogen-bond acceptors (Lipinski definition) is 2. The summed E-state index contributed by atoms with van der Waals surface area (Å²) in [6.07, 6.45) is 2.45. The number of hydrogen-bond donors (Lipinski definition) is 1. The van der Waals surface area contributed by atoms with E-state index in [9.17, 15) is 22.4 Å². The van der Waals surface area contributed by atoms with Crippen LogP contribution in [0, 0.1) is 0 Å². The molecule has 5 nitrogen and oxygen atoms in total. The van der Waals surface area contributed by atoms with Gasteiger partial charge in [-0.2, -0.15) is 0 Å². The normalized spacial score (nSPS) is 12.7. The summed E-state index contributed by atoms with van der Waals surface area (Å²) in [4.78, 5) is 12.0. The van der Waals surface area contributed by atoms with E-state index in [2.05, 4.69) is 0 Å². The summed E-state index contributed by atoms with van der Waals surface area (Å²) >= 11 is -2.32. The quantitative estimate of drug-likeness (QED) is 0.326. The zero-order chi connectivity index (χ0) is 22.0. The molecule has 0 aliphatic heterocycles. The molecule has 1 aromatic carbocycles. The Balaban J connectivity index is 2.32. The van der Waals surface area contributed by atoms with Crippen LogP contribution in [0.15, 0.2) is 36.9 Å². The molecule has 0 aliphatic rings. The third kappa shape index (κ3) is 5.55. The van der Waals surface area contributed by atoms with Crippen molar-refractivity contribution in [2.75, 3.05) is 5.32 Å². The Kier molecular flexibility index (Phi) is 7.46. The molecule has 1 N–H and O–H groups in total. The van der Waals surface area contributed by atoms with Crippen LogP contribution in [0.25, 0.3) is 0 Å². The Morgan fingerprint density at radius 2 is 1.97 bits per heavy atom. The number of benzene rings is 1. The molecular formula is C17H18Cl2F4N3O2Ru+. The number of imidazole rings is 1. The van der Waals surface area contributed by atoms with Gasteiger partial charge in [0.2, 0.25) is 0 Å². The molecule has 0 unspecified atom stereocenters. The van der Waals surface area contributed by atoms with Crippen LogP contribution < -0.4 is 14.6 Å². The summed E-state index contributed by atoms with van der Waals surface area (Å²) in [6.45, 7) is 3.56. The second-order valence-corrected chi connectivity index (χ2v) is 12.0. The molecule has 1 amide bonds. The van der Waals surface area contributed by atoms with Gasteiger partial charge in [0, 0.05) is 0 Å². The second-order valence-electron chi connectivity index (χ2n) is 6.28. The van der Waals surface area contributed by atoms with E-state index >= 15 is 0 Å². The summed E-state index contributed by atoms with van der Waals surface area (Å²) < 4.78 is 65.2. The van der Waals surface area contributed by atoms with E-state index in [0.29, 0.717) is 11.3 Å². The minimum absolute atomic E-state index is 0.0251. The number of amides is 1. The molecule has 162 valence electrons. The number of carbonyl (C=O) groups excluding carboxylic acids is 1. The number of halogens is 6. The number of ether oxygens (including phenoxy) is 1. The Bertz CT molecular complexity index is 931. The molecule has 1 aromatic heterocycles. The van der Waals surface area contributed by atoms with Crippen LogP contribution >= 0.6 is 19.4 Å². The van der Waals surface area contributed by atoms with Gasteiger partial charge in [-0.1, -0.05) is 0 Å². The fourth-order valence-electron chi connectivity index (χ4n) is 2.27. The number of aryl methyl sites for hydroxylation is 1. The van der Waals surface area contributed by atoms with Crippen LogP contribution in [0.3, 0.4) is 0 Å². The van der Waals surface area contributed by atoms with Crippen molar-refractivity contribution in [2.45, 2.75) is 31.9 Å². The van der Waals surface area contributed by atoms with Gasteiger partial charge >= 0.3 is 178 Å². The van der Waals surface area contributed by atoms with E-state index in [4.69, 9.17) is 24.1 Å². The minimum atomic E-state index is -5.02. The third-order valence-corrected chi connectivity index (χ3v) is 5.41. The van der Waals surface area contributed by atoms with E-state index in [-0.39, 0.29) is 16.4 Å². The molecule has 29 heavy (non-hydrogen) atoms. The Morgan fingerprint density at radius 3 is 2.48 bits per heavy atom. The van der Waals surface area contributed by atoms with Gasteiger partial charge in [0.25, 0.3) is 0 Å². The van der Waals surface area contributed by atoms with Gasteiger partial charge in [-0.3, -0.25) is 0 Å². The summed E-state index contributed by atoms with van der Waals surface area (Å²) in [6, 6.07) is -0.824. The van der Waals surface area contributed by atoms with E-state index in [0.717, 1.165) is 23.3 Å². The van der Waals surface area contributed by atoms with Crippen molar-refractivity contribution in [3.63, 3.8) is 0 Å². The second kappa shape index (κ2) is 9.10. The molecular weight excluding hydrogens is 526 g/mol. The van der Waals surface area contributed by atoms with Crippen molar-refractivity contribution >= 4 is 35.6 Å². The fraction of sp³-hybridized carbons (Fsp3) is 0.353. The number of carbonyl (C=O) groups is 1. The maximum absolute atomic E-state index is 14.3. The van der Waals surface area contributed by atoms with Crippen molar-refractivity contribution in [2.24, 2.45) is 7.05 Å². The SMILES string of the molecule is CC(C)Oc1ccc(NC(=O)C(F)(F)C(F)(F)n2cc[n+](C)c2)cc1[CH]=[Ru]([Cl])[Cl]. The summed E-state index contributed by atoms with van der Waals surface area (Å²) in [7, 11) is 13.1. The predicted octanol–water partition coefficient (Wildman–Crippen LogP) is 4.00. The van der Waals surface area contributed by atoms with Crippen molar-refractivity contribution in [3.05, 3.63) is 42.5 Å². The number of aromatic nitrogens is 2. The van der Waals surface area contributed by atoms with Crippen molar-refractivity contribution in [1.29, 1.82) is 0 Å². The van der Waals surface area contributed by atoms with Crippen LogP contribution in [0.2, 0.25) is 0 Å². The van der Waals surface area contributed by atoms with Crippen LogP contribution in [-0.4, -0.2) is 27.1 Å². The Hall–Kier alpha value is -1.51. The number of anilines is 1. The van der Waals surface area contributed by atoms with Crippen molar-refractivity contribution in [3.8, 4) is 5.75 Å². The summed E-state index contributed by atoms with van der Waals surface area (Å²) in [5, 5.41) is 1.82. The van der Waals surface area contributed by atoms with Gasteiger partial charge in [0.15, 0.2) is 0 Å². The first-order valence-electron chi connectivity index (χ1n) is 8.09. The van der Waals surface area contributed by atoms with E-state index in [1.165, 1.54) is 29.9 Å². The number of alkyl halides is 4. The first-order chi connectivity index (χ1) is 13.3. The van der Waals surface area contributed by atoms with Crippen LogP contribution in [0.5, 0.6) is 5.75 Å². The van der Waals surface area contributed by atoms with Gasteiger partial charge in [0.05, 0.1) is 0 Å². The standard InChI is InChI=1S/C17H17F4N3O2.2ClH.Ru/c1-11(2)26-14-6-5-13(9-12(14)3)22-15(25)16(18,19)17(20,21)24-8-7-23(4)10-24;;;/h3,5-11H,1-2,4H3;2*1H;/q;;;+2/p-1. The van der Waals surface area contributed by atoms with E-state index in [1.54, 1.807) is 13.8 Å². The number of nitrogens with one attached hydrogen (secondary N) is 1. The average molecular weight is 544 g/mol. The predicted molar refractivity (Wildman–Crippen MR) is 98.5 cm³/mol. The molecule has 0 saturated carbocycles. The summed E-state index contributed by atoms with van der Waals surface area (Å²) in [5.41, 5.74) is 0.238. The zero-order valence-corrected chi connectivity index (χ0v) is 18.7. The Labute approximate surface area is 177 Å². The van der Waals surface area contributed by atoms with E-state index < -0.39 is 31.4 Å². The monoisotopic (exact) mass is 544 g/mol. The molecule has 0 spiro atoms. The van der Waals surface area contributed by atoms with Gasteiger partial charge in [0.1, 0.15) is 0 Å². The fourth-order valence-corrected chi connectivity index (χ4v) is 4.06. The van der Waals surface area contributed by atoms with Crippen LogP contribution in [-0.2, 0) is 31.4 Å². The van der Waals surface area contributed by atoms with Crippen molar-refractivity contribution < 1.29 is 45.2 Å². The van der Waals surface area contributed by atoms with Crippen molar-refractivity contribution in [1.82, 2.24) is 4.57 Å². The van der Waals surface area contributed by atoms with E-state index in [1.807, 2.05) is 5.32 Å². The first kappa shape index (κ1) is 23.8. The topological polar surface area (TPSA) is 47.1 Å². The Morgan fingerprint density at radius 1 is 1.31 bits per heavy atom. The number of nitrogens with zero attached hydrogens (tertiary/aromatic N) is 2. The molecule has 2 aromatic rings. The molecule has 1 heterocycles. The summed E-state index contributed by atoms with van der Waals surface area (Å²) in [5.74, 6) is -6.81. The van der Waals surface area contributed by atoms with Gasteiger partial charge in [-0.05, 0) is 0 Å². The molecule has 0 bridgehead atoms. The molecule has 0 saturated heterocycles. The molecule has 2 rings (SSSR count). The molecule has 0 aliphatic carbocycles. The van der Waals surface area contributed by atoms with Gasteiger partial charge in [-0.25, -0.2) is 0 Å². The maximum atomic E-state index is 14.3. The first-order valence-corrected chi connectivity index (χ1v) is 13.6. The van der Waals surface area contributed by atoms with Crippen LogP contribution in [0.1, 0.15) is 19.4 Å². The van der Waals surface area contributed by atoms with Gasteiger partial charge in [-0.15, -0.1) is 0 Å². The molecule has 0 fully saturated rings. The zero-order valence-electron chi connectivity index (χ0n) is 15.5. The molecule has 0 atom stereocenters. The third-order valence-electron chi connectivity index (χ3n) is 3.57.